The fourth-order valence-electron chi connectivity index (χ4n) is 3.89. The minimum absolute atomic E-state index is 0.228. The minimum atomic E-state index is -0.250. The molecular formula is C22H24N6O4. The number of fused-ring (bicyclic) bond motifs is 1. The maximum Gasteiger partial charge on any atom is 0.290 e. The van der Waals surface area contributed by atoms with Crippen molar-refractivity contribution >= 4 is 17.9 Å². The summed E-state index contributed by atoms with van der Waals surface area (Å²) in [4.78, 5) is 19.6. The molecular weight excluding hydrogens is 412 g/mol. The number of imidazole rings is 1. The number of benzene rings is 1. The zero-order chi connectivity index (χ0) is 22.5. The maximum atomic E-state index is 9.89. The minimum Gasteiger partial charge on any atom is -0.497 e. The van der Waals surface area contributed by atoms with Crippen LogP contribution in [0.1, 0.15) is 12.8 Å². The van der Waals surface area contributed by atoms with E-state index >= 15 is 0 Å². The van der Waals surface area contributed by atoms with E-state index in [4.69, 9.17) is 14.6 Å². The smallest absolute Gasteiger partial charge is 0.290 e. The average Bonchev–Trinajstić information content (AvgIpc) is 3.50. The number of anilines is 1. The number of hydrogen-bond acceptors (Lipinski definition) is 7. The van der Waals surface area contributed by atoms with Gasteiger partial charge < -0.3 is 19.8 Å². The lowest BCUT2D eigenvalue weighted by Crippen LogP contribution is -2.37. The number of carboxylic acid groups (broad SMARTS) is 1. The summed E-state index contributed by atoms with van der Waals surface area (Å²) in [6.07, 6.45) is 10.4. The Morgan fingerprint density at radius 2 is 1.97 bits per heavy atom. The molecule has 0 bridgehead atoms. The molecule has 10 heteroatoms. The van der Waals surface area contributed by atoms with Gasteiger partial charge in [0.2, 0.25) is 0 Å². The third-order valence-electron chi connectivity index (χ3n) is 5.42. The molecule has 0 amide bonds. The molecule has 2 N–H and O–H groups in total. The Bertz CT molecular complexity index is 1180. The highest BCUT2D eigenvalue weighted by molar-refractivity contribution is 5.75. The second-order valence-corrected chi connectivity index (χ2v) is 7.26. The molecule has 10 nitrogen and oxygen atoms in total. The van der Waals surface area contributed by atoms with Gasteiger partial charge in [-0.3, -0.25) is 14.2 Å². The second-order valence-electron chi connectivity index (χ2n) is 7.26. The Labute approximate surface area is 184 Å². The van der Waals surface area contributed by atoms with Crippen LogP contribution in [0.25, 0.3) is 22.6 Å². The topological polar surface area (TPSA) is 118 Å². The van der Waals surface area contributed by atoms with Crippen molar-refractivity contribution in [1.82, 2.24) is 24.1 Å². The number of methoxy groups -OCH3 is 1. The van der Waals surface area contributed by atoms with E-state index in [0.29, 0.717) is 0 Å². The quantitative estimate of drug-likeness (QED) is 0.468. The molecule has 4 aromatic rings. The summed E-state index contributed by atoms with van der Waals surface area (Å²) >= 11 is 0. The molecule has 0 spiro atoms. The first-order chi connectivity index (χ1) is 15.7. The standard InChI is InChI=1S/C21H22N6O2.CH2O2/c1-29-16-3-4-17(18(11-16)26-8-2-7-24-26)19-12-23-20-13-22-14-21(27(19)20)25-9-5-15(28)6-10-25;2-1-3/h2-4,7-8,11-15,28H,5-6,9-10H2,1H3;1H,(H,2,3). The van der Waals surface area contributed by atoms with E-state index in [1.165, 1.54) is 0 Å². The lowest BCUT2D eigenvalue weighted by molar-refractivity contribution is -0.122. The number of piperidine rings is 1. The normalized spacial score (nSPS) is 14.1. The molecule has 0 unspecified atom stereocenters. The van der Waals surface area contributed by atoms with Gasteiger partial charge in [0.1, 0.15) is 11.6 Å². The van der Waals surface area contributed by atoms with Crippen LogP contribution in [0.15, 0.2) is 55.2 Å². The van der Waals surface area contributed by atoms with E-state index in [0.717, 1.165) is 60.1 Å². The Morgan fingerprint density at radius 3 is 2.66 bits per heavy atom. The van der Waals surface area contributed by atoms with Crippen molar-refractivity contribution < 1.29 is 19.7 Å². The van der Waals surface area contributed by atoms with Gasteiger partial charge in [-0.2, -0.15) is 5.10 Å². The van der Waals surface area contributed by atoms with Crippen LogP contribution in [-0.4, -0.2) is 67.1 Å². The number of aliphatic hydroxyl groups is 1. The third-order valence-corrected chi connectivity index (χ3v) is 5.42. The van der Waals surface area contributed by atoms with Gasteiger partial charge in [0, 0.05) is 37.1 Å². The van der Waals surface area contributed by atoms with Crippen molar-refractivity contribution in [2.45, 2.75) is 18.9 Å². The Hall–Kier alpha value is -3.92. The number of aliphatic hydroxyl groups excluding tert-OH is 1. The predicted molar refractivity (Wildman–Crippen MR) is 118 cm³/mol. The van der Waals surface area contributed by atoms with E-state index < -0.39 is 0 Å². The van der Waals surface area contributed by atoms with E-state index in [9.17, 15) is 5.11 Å². The van der Waals surface area contributed by atoms with Gasteiger partial charge in [-0.15, -0.1) is 0 Å². The zero-order valence-electron chi connectivity index (χ0n) is 17.6. The lowest BCUT2D eigenvalue weighted by Gasteiger charge is -2.31. The number of nitrogens with zero attached hydrogens (tertiary/aromatic N) is 6. The summed E-state index contributed by atoms with van der Waals surface area (Å²) < 4.78 is 9.39. The van der Waals surface area contributed by atoms with Gasteiger partial charge in [0.15, 0.2) is 5.65 Å². The summed E-state index contributed by atoms with van der Waals surface area (Å²) in [6.45, 7) is 1.32. The molecule has 1 aliphatic heterocycles. The van der Waals surface area contributed by atoms with Crippen LogP contribution in [-0.2, 0) is 4.79 Å². The molecule has 0 aliphatic carbocycles. The summed E-state index contributed by atoms with van der Waals surface area (Å²) in [5, 5.41) is 21.2. The number of ether oxygens (including phenoxy) is 1. The van der Waals surface area contributed by atoms with E-state index in [-0.39, 0.29) is 12.6 Å². The van der Waals surface area contributed by atoms with Crippen LogP contribution in [0.3, 0.4) is 0 Å². The van der Waals surface area contributed by atoms with Crippen LogP contribution in [0.5, 0.6) is 5.75 Å². The Morgan fingerprint density at radius 1 is 1.19 bits per heavy atom. The van der Waals surface area contributed by atoms with Gasteiger partial charge in [-0.05, 0) is 31.0 Å². The van der Waals surface area contributed by atoms with Crippen LogP contribution >= 0.6 is 0 Å². The fourth-order valence-corrected chi connectivity index (χ4v) is 3.89. The van der Waals surface area contributed by atoms with Crippen molar-refractivity contribution in [3.63, 3.8) is 0 Å². The Balaban J connectivity index is 0.000000775. The highest BCUT2D eigenvalue weighted by Crippen LogP contribution is 2.33. The first-order valence-corrected chi connectivity index (χ1v) is 10.2. The monoisotopic (exact) mass is 436 g/mol. The van der Waals surface area contributed by atoms with Gasteiger partial charge in [-0.25, -0.2) is 9.67 Å². The number of aromatic nitrogens is 5. The van der Waals surface area contributed by atoms with Crippen molar-refractivity contribution in [3.05, 3.63) is 55.2 Å². The average molecular weight is 436 g/mol. The van der Waals surface area contributed by atoms with Crippen LogP contribution in [0, 0.1) is 0 Å². The molecule has 0 saturated carbocycles. The molecule has 4 heterocycles. The summed E-state index contributed by atoms with van der Waals surface area (Å²) in [5.41, 5.74) is 3.64. The van der Waals surface area contributed by atoms with Gasteiger partial charge in [0.05, 0.1) is 43.2 Å². The Kier molecular flexibility index (Phi) is 6.31. The molecule has 32 heavy (non-hydrogen) atoms. The second kappa shape index (κ2) is 9.48. The van der Waals surface area contributed by atoms with Gasteiger partial charge in [-0.1, -0.05) is 0 Å². The van der Waals surface area contributed by atoms with E-state index in [2.05, 4.69) is 24.4 Å². The summed E-state index contributed by atoms with van der Waals surface area (Å²) in [5.74, 6) is 1.74. The molecule has 0 atom stereocenters. The van der Waals surface area contributed by atoms with Crippen molar-refractivity contribution in [1.29, 1.82) is 0 Å². The maximum absolute atomic E-state index is 9.89. The molecule has 1 fully saturated rings. The summed E-state index contributed by atoms with van der Waals surface area (Å²) in [7, 11) is 1.66. The fraction of sp³-hybridized carbons (Fsp3) is 0.273. The number of rotatable bonds is 4. The van der Waals surface area contributed by atoms with Crippen molar-refractivity contribution in [3.8, 4) is 22.7 Å². The molecule has 1 aromatic carbocycles. The molecule has 5 rings (SSSR count). The van der Waals surface area contributed by atoms with Crippen LogP contribution in [0.4, 0.5) is 5.82 Å². The van der Waals surface area contributed by atoms with E-state index in [1.807, 2.05) is 47.5 Å². The molecule has 0 radical (unpaired) electrons. The predicted octanol–water partition coefficient (Wildman–Crippen LogP) is 2.25. The van der Waals surface area contributed by atoms with Crippen LogP contribution < -0.4 is 9.64 Å². The van der Waals surface area contributed by atoms with Crippen molar-refractivity contribution in [2.24, 2.45) is 0 Å². The van der Waals surface area contributed by atoms with Crippen LogP contribution in [0.2, 0.25) is 0 Å². The molecule has 166 valence electrons. The number of hydrogen-bond donors (Lipinski definition) is 2. The lowest BCUT2D eigenvalue weighted by atomic mass is 10.1. The first-order valence-electron chi connectivity index (χ1n) is 10.2. The SMILES string of the molecule is COc1ccc(-c2cnc3cncc(N4CCC(O)CC4)n23)c(-n2cccn2)c1.O=CO. The van der Waals surface area contributed by atoms with Gasteiger partial charge in [0.25, 0.3) is 6.47 Å². The molecule has 3 aromatic heterocycles. The largest absolute Gasteiger partial charge is 0.497 e. The summed E-state index contributed by atoms with van der Waals surface area (Å²) in [6, 6.07) is 7.84. The highest BCUT2D eigenvalue weighted by Gasteiger charge is 2.22. The first kappa shape index (κ1) is 21.3. The van der Waals surface area contributed by atoms with Crippen molar-refractivity contribution in [2.75, 3.05) is 25.1 Å². The molecule has 1 aliphatic rings. The number of carbonyl (C=O) groups is 1. The van der Waals surface area contributed by atoms with Gasteiger partial charge >= 0.3 is 0 Å². The highest BCUT2D eigenvalue weighted by atomic mass is 16.5. The van der Waals surface area contributed by atoms with E-state index in [1.54, 1.807) is 19.5 Å². The zero-order valence-corrected chi connectivity index (χ0v) is 17.6. The third kappa shape index (κ3) is 4.12. The molecule has 1 saturated heterocycles.